The third kappa shape index (κ3) is 3.36. The minimum atomic E-state index is -0.393. The van der Waals surface area contributed by atoms with Crippen molar-refractivity contribution in [2.24, 2.45) is 0 Å². The number of rotatable bonds is 3. The molecule has 0 fully saturated rings. The van der Waals surface area contributed by atoms with Gasteiger partial charge in [0.15, 0.2) is 0 Å². The Bertz CT molecular complexity index is 647. The molecule has 0 heterocycles. The Labute approximate surface area is 129 Å². The molecule has 0 amide bonds. The fraction of sp³-hybridized carbons (Fsp3) is 0.0769. The van der Waals surface area contributed by atoms with Crippen molar-refractivity contribution in [3.63, 3.8) is 0 Å². The van der Waals surface area contributed by atoms with Crippen molar-refractivity contribution in [1.29, 1.82) is 0 Å². The Morgan fingerprint density at radius 3 is 2.63 bits per heavy atom. The van der Waals surface area contributed by atoms with Gasteiger partial charge in [-0.2, -0.15) is 0 Å². The first kappa shape index (κ1) is 14.1. The molecule has 0 spiro atoms. The topological polar surface area (TPSA) is 55.2 Å². The number of nitrogens with zero attached hydrogens (tertiary/aromatic N) is 1. The van der Waals surface area contributed by atoms with Gasteiger partial charge in [0, 0.05) is 22.5 Å². The minimum Gasteiger partial charge on any atom is -0.355 e. The summed E-state index contributed by atoms with van der Waals surface area (Å²) >= 11 is 7.90. The third-order valence-corrected chi connectivity index (χ3v) is 3.72. The summed E-state index contributed by atoms with van der Waals surface area (Å²) in [5.74, 6) is 0. The number of hydrogen-bond donors (Lipinski definition) is 1. The maximum Gasteiger partial charge on any atom is 0.282 e. The van der Waals surface area contributed by atoms with Gasteiger partial charge >= 0.3 is 0 Å². The number of benzene rings is 2. The van der Waals surface area contributed by atoms with E-state index in [9.17, 15) is 10.1 Å². The molecule has 0 unspecified atom stereocenters. The van der Waals surface area contributed by atoms with Crippen LogP contribution >= 0.6 is 34.2 Å². The van der Waals surface area contributed by atoms with Gasteiger partial charge in [-0.15, -0.1) is 0 Å². The van der Waals surface area contributed by atoms with Gasteiger partial charge in [0.2, 0.25) is 0 Å². The van der Waals surface area contributed by atoms with Crippen molar-refractivity contribution in [2.45, 2.75) is 6.92 Å². The molecule has 0 saturated heterocycles. The van der Waals surface area contributed by atoms with Gasteiger partial charge in [-0.1, -0.05) is 17.7 Å². The molecule has 0 bridgehead atoms. The molecule has 0 radical (unpaired) electrons. The molecule has 1 N–H and O–H groups in total. The van der Waals surface area contributed by atoms with Gasteiger partial charge in [0.05, 0.1) is 8.49 Å². The molecule has 98 valence electrons. The van der Waals surface area contributed by atoms with Crippen LogP contribution in [-0.2, 0) is 0 Å². The zero-order chi connectivity index (χ0) is 14.0. The van der Waals surface area contributed by atoms with Crippen LogP contribution in [0.5, 0.6) is 0 Å². The first-order valence-electron chi connectivity index (χ1n) is 5.44. The zero-order valence-electron chi connectivity index (χ0n) is 9.98. The Kier molecular flexibility index (Phi) is 4.26. The summed E-state index contributed by atoms with van der Waals surface area (Å²) in [5, 5.41) is 14.6. The first-order chi connectivity index (χ1) is 8.97. The quantitative estimate of drug-likeness (QED) is 0.462. The molecule has 2 rings (SSSR count). The van der Waals surface area contributed by atoms with Crippen molar-refractivity contribution >= 4 is 51.3 Å². The van der Waals surface area contributed by atoms with Gasteiger partial charge in [0.25, 0.3) is 5.69 Å². The summed E-state index contributed by atoms with van der Waals surface area (Å²) in [6.45, 7) is 1.97. The molecule has 0 aliphatic carbocycles. The van der Waals surface area contributed by atoms with Crippen molar-refractivity contribution < 1.29 is 4.92 Å². The number of aryl methyl sites for hydroxylation is 1. The fourth-order valence-corrected chi connectivity index (χ4v) is 2.50. The van der Waals surface area contributed by atoms with E-state index in [2.05, 4.69) is 5.32 Å². The molecule has 6 heteroatoms. The summed E-state index contributed by atoms with van der Waals surface area (Å²) in [6, 6.07) is 10.5. The SMILES string of the molecule is Cc1ccc(Cl)cc1Nc1ccc([N+](=O)[O-])c(I)c1. The summed E-state index contributed by atoms with van der Waals surface area (Å²) in [5.41, 5.74) is 2.84. The Hall–Kier alpha value is -1.34. The normalized spacial score (nSPS) is 10.3. The van der Waals surface area contributed by atoms with Crippen LogP contribution in [0.4, 0.5) is 17.1 Å². The van der Waals surface area contributed by atoms with Crippen LogP contribution in [0.1, 0.15) is 5.56 Å². The highest BCUT2D eigenvalue weighted by Gasteiger charge is 2.11. The molecule has 0 aromatic heterocycles. The van der Waals surface area contributed by atoms with Gasteiger partial charge in [-0.25, -0.2) is 0 Å². The van der Waals surface area contributed by atoms with Crippen molar-refractivity contribution in [2.75, 3.05) is 5.32 Å². The smallest absolute Gasteiger partial charge is 0.282 e. The third-order valence-electron chi connectivity index (χ3n) is 2.62. The number of nitro benzene ring substituents is 1. The van der Waals surface area contributed by atoms with E-state index in [4.69, 9.17) is 11.6 Å². The molecule has 0 saturated carbocycles. The maximum absolute atomic E-state index is 10.8. The minimum absolute atomic E-state index is 0.106. The predicted octanol–water partition coefficient (Wildman–Crippen LogP) is 4.90. The van der Waals surface area contributed by atoms with Crippen LogP contribution in [0.2, 0.25) is 5.02 Å². The second kappa shape index (κ2) is 5.75. The highest BCUT2D eigenvalue weighted by Crippen LogP contribution is 2.28. The highest BCUT2D eigenvalue weighted by molar-refractivity contribution is 14.1. The number of anilines is 2. The van der Waals surface area contributed by atoms with E-state index in [0.29, 0.717) is 8.59 Å². The lowest BCUT2D eigenvalue weighted by atomic mass is 10.2. The standard InChI is InChI=1S/C13H10ClIN2O2/c1-8-2-3-9(14)6-12(8)16-10-4-5-13(17(18)19)11(15)7-10/h2-7,16H,1H3. The van der Waals surface area contributed by atoms with E-state index < -0.39 is 4.92 Å². The average molecular weight is 389 g/mol. The molecule has 2 aromatic carbocycles. The summed E-state index contributed by atoms with van der Waals surface area (Å²) in [7, 11) is 0. The summed E-state index contributed by atoms with van der Waals surface area (Å²) in [6.07, 6.45) is 0. The van der Waals surface area contributed by atoms with Crippen LogP contribution in [0, 0.1) is 20.6 Å². The predicted molar refractivity (Wildman–Crippen MR) is 85.3 cm³/mol. The number of hydrogen-bond acceptors (Lipinski definition) is 3. The molecule has 0 atom stereocenters. The number of halogens is 2. The zero-order valence-corrected chi connectivity index (χ0v) is 12.9. The van der Waals surface area contributed by atoms with E-state index in [-0.39, 0.29) is 5.69 Å². The fourth-order valence-electron chi connectivity index (χ4n) is 1.62. The number of nitro groups is 1. The average Bonchev–Trinajstić information content (AvgIpc) is 2.33. The van der Waals surface area contributed by atoms with Gasteiger partial charge in [-0.3, -0.25) is 10.1 Å². The monoisotopic (exact) mass is 388 g/mol. The van der Waals surface area contributed by atoms with Crippen molar-refractivity contribution in [3.8, 4) is 0 Å². The maximum atomic E-state index is 10.8. The lowest BCUT2D eigenvalue weighted by molar-refractivity contribution is -0.385. The number of nitrogens with one attached hydrogen (secondary N) is 1. The second-order valence-corrected chi connectivity index (χ2v) is 5.61. The molecule has 19 heavy (non-hydrogen) atoms. The second-order valence-electron chi connectivity index (χ2n) is 4.01. The van der Waals surface area contributed by atoms with E-state index in [1.165, 1.54) is 6.07 Å². The Balaban J connectivity index is 2.31. The van der Waals surface area contributed by atoms with Crippen LogP contribution in [0.15, 0.2) is 36.4 Å². The van der Waals surface area contributed by atoms with E-state index in [1.807, 2.05) is 47.7 Å². The molecule has 0 aliphatic rings. The summed E-state index contributed by atoms with van der Waals surface area (Å²) < 4.78 is 0.590. The first-order valence-corrected chi connectivity index (χ1v) is 6.90. The summed E-state index contributed by atoms with van der Waals surface area (Å²) in [4.78, 5) is 10.4. The molecular formula is C13H10ClIN2O2. The molecule has 4 nitrogen and oxygen atoms in total. The molecular weight excluding hydrogens is 379 g/mol. The van der Waals surface area contributed by atoms with Crippen molar-refractivity contribution in [1.82, 2.24) is 0 Å². The Morgan fingerprint density at radius 2 is 2.00 bits per heavy atom. The van der Waals surface area contributed by atoms with Crippen molar-refractivity contribution in [3.05, 3.63) is 60.7 Å². The van der Waals surface area contributed by atoms with Gasteiger partial charge in [-0.05, 0) is 59.3 Å². The van der Waals surface area contributed by atoms with Crippen LogP contribution in [0.3, 0.4) is 0 Å². The van der Waals surface area contributed by atoms with E-state index in [0.717, 1.165) is 16.9 Å². The van der Waals surface area contributed by atoms with Crippen LogP contribution < -0.4 is 5.32 Å². The van der Waals surface area contributed by atoms with Gasteiger partial charge < -0.3 is 5.32 Å². The Morgan fingerprint density at radius 1 is 1.26 bits per heavy atom. The van der Waals surface area contributed by atoms with E-state index >= 15 is 0 Å². The molecule has 0 aliphatic heterocycles. The molecule has 2 aromatic rings. The van der Waals surface area contributed by atoms with Gasteiger partial charge in [0.1, 0.15) is 0 Å². The lowest BCUT2D eigenvalue weighted by Gasteiger charge is -2.10. The highest BCUT2D eigenvalue weighted by atomic mass is 127. The van der Waals surface area contributed by atoms with E-state index in [1.54, 1.807) is 12.1 Å². The van der Waals surface area contributed by atoms with Crippen LogP contribution in [-0.4, -0.2) is 4.92 Å². The largest absolute Gasteiger partial charge is 0.355 e. The van der Waals surface area contributed by atoms with Crippen LogP contribution in [0.25, 0.3) is 0 Å². The lowest BCUT2D eigenvalue weighted by Crippen LogP contribution is -1.96.